The van der Waals surface area contributed by atoms with Crippen molar-refractivity contribution in [2.75, 3.05) is 7.11 Å². The second-order valence-electron chi connectivity index (χ2n) is 5.67. The van der Waals surface area contributed by atoms with Gasteiger partial charge in [-0.25, -0.2) is 0 Å². The molecule has 0 fully saturated rings. The van der Waals surface area contributed by atoms with Gasteiger partial charge < -0.3 is 0 Å². The normalized spacial score (nSPS) is 14.1. The molecule has 0 aliphatic carbocycles. The molecule has 0 aromatic heterocycles. The van der Waals surface area contributed by atoms with E-state index in [9.17, 15) is 8.42 Å². The molecule has 0 radical (unpaired) electrons. The first kappa shape index (κ1) is 16.2. The Morgan fingerprint density at radius 2 is 1.58 bits per heavy atom. The summed E-state index contributed by atoms with van der Waals surface area (Å²) in [4.78, 5) is 0.214. The molecule has 0 aliphatic heterocycles. The van der Waals surface area contributed by atoms with Gasteiger partial charge in [0.15, 0.2) is 0 Å². The summed E-state index contributed by atoms with van der Waals surface area (Å²) < 4.78 is 27.7. The molecular weight excluding hydrogens is 260 g/mol. The minimum atomic E-state index is -3.58. The third-order valence-electron chi connectivity index (χ3n) is 3.35. The highest BCUT2D eigenvalue weighted by Gasteiger charge is 2.19. The van der Waals surface area contributed by atoms with Crippen molar-refractivity contribution in [3.8, 4) is 0 Å². The fourth-order valence-corrected chi connectivity index (χ4v) is 2.94. The topological polar surface area (TPSA) is 43.4 Å². The molecule has 0 N–H and O–H groups in total. The zero-order chi connectivity index (χ0) is 14.6. The predicted molar refractivity (Wildman–Crippen MR) is 77.7 cm³/mol. The van der Waals surface area contributed by atoms with Crippen LogP contribution in [0.2, 0.25) is 0 Å². The molecular formula is C15H24O3S. The third kappa shape index (κ3) is 4.32. The SMILES string of the molecule is COS(=O)(=O)c1ccc(C(CC(C)C)C(C)C)cc1. The highest BCUT2D eigenvalue weighted by molar-refractivity contribution is 7.86. The first-order valence-corrected chi connectivity index (χ1v) is 8.09. The summed E-state index contributed by atoms with van der Waals surface area (Å²) in [6.07, 6.45) is 1.11. The molecule has 0 bridgehead atoms. The molecule has 0 heterocycles. The van der Waals surface area contributed by atoms with E-state index in [1.54, 1.807) is 12.1 Å². The largest absolute Gasteiger partial charge is 0.296 e. The lowest BCUT2D eigenvalue weighted by Gasteiger charge is -2.23. The van der Waals surface area contributed by atoms with E-state index in [1.165, 1.54) is 12.7 Å². The van der Waals surface area contributed by atoms with Gasteiger partial charge in [-0.05, 0) is 41.9 Å². The van der Waals surface area contributed by atoms with Crippen molar-refractivity contribution >= 4 is 10.1 Å². The van der Waals surface area contributed by atoms with Crippen LogP contribution < -0.4 is 0 Å². The first-order valence-electron chi connectivity index (χ1n) is 6.68. The zero-order valence-corrected chi connectivity index (χ0v) is 13.2. The molecule has 3 nitrogen and oxygen atoms in total. The average Bonchev–Trinajstić information content (AvgIpc) is 2.35. The Kier molecular flexibility index (Phi) is 5.56. The van der Waals surface area contributed by atoms with Gasteiger partial charge in [-0.1, -0.05) is 39.8 Å². The average molecular weight is 284 g/mol. The molecule has 1 aromatic rings. The molecule has 19 heavy (non-hydrogen) atoms. The molecule has 1 aromatic carbocycles. The minimum Gasteiger partial charge on any atom is -0.270 e. The summed E-state index contributed by atoms with van der Waals surface area (Å²) in [7, 11) is -2.40. The van der Waals surface area contributed by atoms with Gasteiger partial charge in [-0.2, -0.15) is 8.42 Å². The molecule has 4 heteroatoms. The van der Waals surface area contributed by atoms with Crippen LogP contribution in [0.1, 0.15) is 45.6 Å². The number of rotatable bonds is 6. The number of benzene rings is 1. The summed E-state index contributed by atoms with van der Waals surface area (Å²) in [5, 5.41) is 0. The zero-order valence-electron chi connectivity index (χ0n) is 12.4. The fourth-order valence-electron chi connectivity index (χ4n) is 2.28. The Bertz CT molecular complexity index is 487. The second-order valence-corrected chi connectivity index (χ2v) is 7.38. The van der Waals surface area contributed by atoms with Crippen molar-refractivity contribution in [2.45, 2.75) is 44.9 Å². The Hall–Kier alpha value is -0.870. The summed E-state index contributed by atoms with van der Waals surface area (Å²) in [5.41, 5.74) is 1.19. The molecule has 0 spiro atoms. The van der Waals surface area contributed by atoms with E-state index in [0.29, 0.717) is 17.8 Å². The second kappa shape index (κ2) is 6.53. The van der Waals surface area contributed by atoms with Crippen molar-refractivity contribution < 1.29 is 12.6 Å². The smallest absolute Gasteiger partial charge is 0.270 e. The lowest BCUT2D eigenvalue weighted by Crippen LogP contribution is -2.10. The van der Waals surface area contributed by atoms with Gasteiger partial charge >= 0.3 is 0 Å². The monoisotopic (exact) mass is 284 g/mol. The van der Waals surface area contributed by atoms with E-state index in [0.717, 1.165) is 6.42 Å². The van der Waals surface area contributed by atoms with E-state index < -0.39 is 10.1 Å². The third-order valence-corrected chi connectivity index (χ3v) is 4.63. The molecule has 0 amide bonds. The van der Waals surface area contributed by atoms with E-state index in [2.05, 4.69) is 31.9 Å². The summed E-state index contributed by atoms with van der Waals surface area (Å²) in [6, 6.07) is 7.06. The lowest BCUT2D eigenvalue weighted by molar-refractivity contribution is 0.397. The van der Waals surface area contributed by atoms with E-state index in [4.69, 9.17) is 0 Å². The van der Waals surface area contributed by atoms with Gasteiger partial charge in [0.25, 0.3) is 10.1 Å². The van der Waals surface area contributed by atoms with Crippen LogP contribution in [-0.2, 0) is 14.3 Å². The van der Waals surface area contributed by atoms with Crippen molar-refractivity contribution in [1.82, 2.24) is 0 Å². The summed E-state index contributed by atoms with van der Waals surface area (Å²) >= 11 is 0. The maximum Gasteiger partial charge on any atom is 0.296 e. The Morgan fingerprint density at radius 3 is 1.95 bits per heavy atom. The Labute approximate surface area is 117 Å². The van der Waals surface area contributed by atoms with Gasteiger partial charge in [0, 0.05) is 0 Å². The Balaban J connectivity index is 3.02. The standard InChI is InChI=1S/C15H24O3S/c1-11(2)10-15(12(3)4)13-6-8-14(9-7-13)19(16,17)18-5/h6-9,11-12,15H,10H2,1-5H3. The van der Waals surface area contributed by atoms with E-state index in [1.807, 2.05) is 12.1 Å². The van der Waals surface area contributed by atoms with Gasteiger partial charge in [0.05, 0.1) is 12.0 Å². The molecule has 1 atom stereocenters. The highest BCUT2D eigenvalue weighted by Crippen LogP contribution is 2.31. The molecule has 0 aliphatic rings. The lowest BCUT2D eigenvalue weighted by atomic mass is 9.82. The van der Waals surface area contributed by atoms with Crippen LogP contribution in [0, 0.1) is 11.8 Å². The van der Waals surface area contributed by atoms with Crippen molar-refractivity contribution in [2.24, 2.45) is 11.8 Å². The fraction of sp³-hybridized carbons (Fsp3) is 0.600. The van der Waals surface area contributed by atoms with E-state index in [-0.39, 0.29) is 4.90 Å². The van der Waals surface area contributed by atoms with Crippen LogP contribution in [0.4, 0.5) is 0 Å². The van der Waals surface area contributed by atoms with Crippen LogP contribution in [-0.4, -0.2) is 15.5 Å². The molecule has 0 saturated heterocycles. The van der Waals surface area contributed by atoms with Crippen LogP contribution in [0.3, 0.4) is 0 Å². The number of hydrogen-bond donors (Lipinski definition) is 0. The minimum absolute atomic E-state index is 0.214. The molecule has 1 unspecified atom stereocenters. The summed E-state index contributed by atoms with van der Waals surface area (Å²) in [6.45, 7) is 8.82. The maximum atomic E-state index is 11.6. The van der Waals surface area contributed by atoms with Gasteiger partial charge in [0.1, 0.15) is 0 Å². The van der Waals surface area contributed by atoms with Crippen LogP contribution in [0.25, 0.3) is 0 Å². The van der Waals surface area contributed by atoms with Crippen LogP contribution in [0.5, 0.6) is 0 Å². The van der Waals surface area contributed by atoms with Crippen molar-refractivity contribution in [1.29, 1.82) is 0 Å². The molecule has 108 valence electrons. The van der Waals surface area contributed by atoms with Gasteiger partial charge in [0.2, 0.25) is 0 Å². The summed E-state index contributed by atoms with van der Waals surface area (Å²) in [5.74, 6) is 1.61. The van der Waals surface area contributed by atoms with Gasteiger partial charge in [-0.3, -0.25) is 4.18 Å². The Morgan fingerprint density at radius 1 is 1.05 bits per heavy atom. The van der Waals surface area contributed by atoms with E-state index >= 15 is 0 Å². The molecule has 1 rings (SSSR count). The quantitative estimate of drug-likeness (QED) is 0.746. The highest BCUT2D eigenvalue weighted by atomic mass is 32.2. The van der Waals surface area contributed by atoms with Crippen LogP contribution >= 0.6 is 0 Å². The maximum absolute atomic E-state index is 11.6. The number of hydrogen-bond acceptors (Lipinski definition) is 3. The molecule has 0 saturated carbocycles. The van der Waals surface area contributed by atoms with Crippen molar-refractivity contribution in [3.63, 3.8) is 0 Å². The van der Waals surface area contributed by atoms with Crippen LogP contribution in [0.15, 0.2) is 29.2 Å². The van der Waals surface area contributed by atoms with Gasteiger partial charge in [-0.15, -0.1) is 0 Å². The predicted octanol–water partition coefficient (Wildman–Crippen LogP) is 3.81. The first-order chi connectivity index (χ1) is 8.77. The van der Waals surface area contributed by atoms with Crippen molar-refractivity contribution in [3.05, 3.63) is 29.8 Å².